The number of hydrogen-bond donors (Lipinski definition) is 4. The van der Waals surface area contributed by atoms with Crippen molar-refractivity contribution in [3.8, 4) is 31.7 Å². The van der Waals surface area contributed by atoms with Crippen LogP contribution in [0.4, 0.5) is 39.3 Å². The average molecular weight is 4310 g/mol. The van der Waals surface area contributed by atoms with Crippen LogP contribution in [0.3, 0.4) is 0 Å². The fourth-order valence-electron chi connectivity index (χ4n) is 11.2. The molecule has 700 valence electrons. The van der Waals surface area contributed by atoms with Crippen molar-refractivity contribution in [2.45, 2.75) is 84.9 Å². The molecule has 0 atom stereocenters. The summed E-state index contributed by atoms with van der Waals surface area (Å²) in [5.74, 6) is 0. The number of fused-ring (bicyclic) bond motifs is 4. The standard InChI is InChI=1S/C15H13BrN2S.C15H13IN2S.C15H13N2S.C9H11NO.C7H5BrN2S.C6H6BrNS.C6H6BrN.3C4H9.CH4.2I6.2I3.Sn/c2*1-18(2)12-6-3-10(4-7-12)15-17-13-8-5-11(16)9-14(13)19-15;1-17(2)12-9-7-11(8-10-12)15-16-13-5-3-4-6-14(13)18-15;1-10(2)9-5-3-8(7-11)4-6-9;8-4-1-2-5-6(3-4)11-7(9)10-5;7-4-1-2-5(8)6(9)3-4;7-5-1-3-6(8)4-2-5;3*1-3-4-2;;2*1-5(2)6(3)4;2*1-3-2;/h2*3-9H,1-2H3;3,5-10H,1-2H3;3-7H,1-2H3;1-3H,(H2,9,10);1-3,9H,8H2;1-4H,8H2;3*1,3-4H2,2H3;1H4;;;;;/q;;;;;;;;;;;;;2*-1;. The van der Waals surface area contributed by atoms with Crippen LogP contribution in [0.2, 0.25) is 13.3 Å². The van der Waals surface area contributed by atoms with E-state index in [0.29, 0.717) is 37.3 Å². The van der Waals surface area contributed by atoms with Gasteiger partial charge in [-0.2, -0.15) is 0 Å². The van der Waals surface area contributed by atoms with Gasteiger partial charge in [0.15, 0.2) is 5.13 Å². The van der Waals surface area contributed by atoms with Crippen LogP contribution in [0.1, 0.15) is 77.1 Å². The minimum absolute atomic E-state index is 0. The van der Waals surface area contributed by atoms with Gasteiger partial charge in [0.25, 0.3) is 0 Å². The Balaban J connectivity index is 0.000000384. The van der Waals surface area contributed by atoms with Crippen molar-refractivity contribution < 1.29 is 31.3 Å². The molecule has 4 aromatic heterocycles. The van der Waals surface area contributed by atoms with Crippen molar-refractivity contribution in [1.29, 1.82) is 0 Å². The topological polar surface area (TPSA) is 160 Å². The number of thiazole rings is 4. The molecule has 127 heavy (non-hydrogen) atoms. The predicted octanol–water partition coefficient (Wildman–Crippen LogP) is 34.9. The summed E-state index contributed by atoms with van der Waals surface area (Å²) >= 11 is 56.0. The summed E-state index contributed by atoms with van der Waals surface area (Å²) in [4.78, 5) is 37.9. The fourth-order valence-corrected chi connectivity index (χ4v) is 34.0. The third kappa shape index (κ3) is 50.3. The van der Waals surface area contributed by atoms with Gasteiger partial charge in [0.1, 0.15) is 16.3 Å². The zero-order chi connectivity index (χ0) is 93.8. The molecular weight excluding hydrogens is 4210 g/mol. The number of hydrogen-bond acceptors (Lipinski definition) is 17. The van der Waals surface area contributed by atoms with Gasteiger partial charge in [0.05, 0.1) is 30.6 Å². The molecule has 0 bridgehead atoms. The van der Waals surface area contributed by atoms with Crippen LogP contribution in [-0.4, -0.2) is 101 Å². The predicted molar refractivity (Wildman–Crippen MR) is 736 cm³/mol. The average Bonchev–Trinajstić information content (AvgIpc) is 1.59. The molecule has 12 nitrogen and oxygen atoms in total. The molecule has 41 heteroatoms. The van der Waals surface area contributed by atoms with Crippen LogP contribution in [0.5, 0.6) is 0 Å². The zero-order valence-corrected chi connectivity index (χ0v) is 124. The fraction of sp³-hybridized carbons (Fsp3) is 0.244. The van der Waals surface area contributed by atoms with Crippen LogP contribution in [-0.2, 0) is 0 Å². The number of nitrogens with zero attached hydrogens (tertiary/aromatic N) is 8. The number of thiol groups is 1. The van der Waals surface area contributed by atoms with E-state index in [2.05, 4.69) is 511 Å². The summed E-state index contributed by atoms with van der Waals surface area (Å²) in [6.07, 6.45) is 9.06. The molecule has 0 saturated heterocycles. The second-order valence-electron chi connectivity index (χ2n) is 27.2. The first-order valence-corrected chi connectivity index (χ1v) is 141. The molecule has 0 aliphatic rings. The van der Waals surface area contributed by atoms with Gasteiger partial charge in [0.2, 0.25) is 0 Å². The molecule has 0 radical (unpaired) electrons. The summed E-state index contributed by atoms with van der Waals surface area (Å²) in [6, 6.07) is 72.2. The summed E-state index contributed by atoms with van der Waals surface area (Å²) in [7, 11) is 15.0. The van der Waals surface area contributed by atoms with Crippen molar-refractivity contribution in [3.05, 3.63) is 239 Å². The van der Waals surface area contributed by atoms with E-state index >= 15 is 0 Å². The summed E-state index contributed by atoms with van der Waals surface area (Å²) in [5, 5.41) is 3.92. The number of nitrogens with two attached hydrogens (primary N) is 3. The van der Waals surface area contributed by atoms with Gasteiger partial charge < -0.3 is 31.9 Å². The Hall–Kier alpha value is 6.97. The van der Waals surface area contributed by atoms with Gasteiger partial charge in [-0.3, -0.25) is 4.79 Å². The molecule has 0 unspecified atom stereocenters. The summed E-state index contributed by atoms with van der Waals surface area (Å²) in [5.41, 5.74) is 31.3. The second kappa shape index (κ2) is 72.3. The van der Waals surface area contributed by atoms with E-state index in [1.54, 1.807) is 26.3 Å². The number of anilines is 7. The van der Waals surface area contributed by atoms with Crippen LogP contribution in [0.25, 0.3) is 72.6 Å². The molecule has 10 aromatic carbocycles. The molecule has 0 fully saturated rings. The molecule has 14 aromatic rings. The Labute approximate surface area is 984 Å². The molecule has 0 spiro atoms. The van der Waals surface area contributed by atoms with Crippen molar-refractivity contribution in [2.75, 3.05) is 93.2 Å². The number of rotatable bonds is 20. The minimum Gasteiger partial charge on any atom is -0.399 e. The van der Waals surface area contributed by atoms with E-state index in [0.717, 1.165) is 82.3 Å². The van der Waals surface area contributed by atoms with Gasteiger partial charge in [-0.05, 0) is 192 Å². The van der Waals surface area contributed by atoms with Gasteiger partial charge in [-0.25, -0.2) is 15.0 Å². The third-order valence-electron chi connectivity index (χ3n) is 17.6. The van der Waals surface area contributed by atoms with Crippen molar-refractivity contribution in [3.63, 3.8) is 0 Å². The maximum absolute atomic E-state index is 10.3. The van der Waals surface area contributed by atoms with Gasteiger partial charge >= 0.3 is 480 Å². The zero-order valence-electron chi connectivity index (χ0n) is 69.6. The molecule has 0 aliphatic carbocycles. The SMILES string of the molecule is C.CCC[CH2][Sn]([CH2]CCC)([CH2]CCC)[c]1ccc2nc(-c3ccc(N(C)C)cc3)sc2c1.CN(C)c1ccc(-c2nc3ccc(Br)cc3s2)cc1.CN(C)c1ccc(-c2nc3ccc(I)cc3s2)cc1.CN(C)c1ccc(C=O)cc1.II(I)I(I)I.II(I)I(I)I.I[I-]I.I[I-]I.Nc1ccc(Br)cc1.Nc1ccc(Br)cc1S.Nc1nc2ccc(Br)cc2s1. The molecule has 0 aliphatic heterocycles. The summed E-state index contributed by atoms with van der Waals surface area (Å²) < 4.78 is 16.8. The van der Waals surface area contributed by atoms with Crippen molar-refractivity contribution >= 4 is 508 Å². The molecule has 0 saturated carbocycles. The first-order chi connectivity index (χ1) is 59.9. The number of aldehydes is 1. The first-order valence-electron chi connectivity index (χ1n) is 37.4. The second-order valence-corrected chi connectivity index (χ2v) is 277. The number of aromatic nitrogens is 4. The quantitative estimate of drug-likeness (QED) is 0.0188. The number of halogens is 23. The Morgan fingerprint density at radius 3 is 1.02 bits per heavy atom. The summed E-state index contributed by atoms with van der Waals surface area (Å²) in [6.45, 7) is 7.07. The molecule has 6 N–H and O–H groups in total. The maximum Gasteiger partial charge on any atom is 0.181 e. The number of carbonyl (C=O) groups is 1. The maximum atomic E-state index is 10.3. The normalized spacial score (nSPS) is 10.8. The van der Waals surface area contributed by atoms with E-state index in [1.807, 2.05) is 141 Å². The Kier molecular flexibility index (Phi) is 72.9. The van der Waals surface area contributed by atoms with E-state index < -0.39 is 18.4 Å². The first kappa shape index (κ1) is 128. The van der Waals surface area contributed by atoms with Gasteiger partial charge in [-0.1, -0.05) is 82.5 Å². The van der Waals surface area contributed by atoms with Crippen LogP contribution < -0.4 is 66.9 Å². The van der Waals surface area contributed by atoms with Crippen molar-refractivity contribution in [2.24, 2.45) is 0 Å². The van der Waals surface area contributed by atoms with Crippen LogP contribution >= 0.6 is 399 Å². The monoisotopic (exact) mass is 4310 g/mol. The largest absolute Gasteiger partial charge is 0.399 e. The van der Waals surface area contributed by atoms with Crippen LogP contribution in [0.15, 0.2) is 235 Å². The van der Waals surface area contributed by atoms with Crippen molar-refractivity contribution in [1.82, 2.24) is 19.9 Å². The Morgan fingerprint density at radius 1 is 0.402 bits per heavy atom. The van der Waals surface area contributed by atoms with E-state index in [1.165, 1.54) is 120 Å². The molecule has 0 amide bonds. The Bertz CT molecular complexity index is 5260. The smallest absolute Gasteiger partial charge is 0.181 e. The number of nitrogen functional groups attached to an aromatic ring is 3. The number of unbranched alkanes of at least 4 members (excludes halogenated alkanes) is 3. The van der Waals surface area contributed by atoms with E-state index in [4.69, 9.17) is 27.2 Å². The van der Waals surface area contributed by atoms with Gasteiger partial charge in [0, 0.05) is 114 Å². The third-order valence-corrected chi connectivity index (χ3v) is 371. The van der Waals surface area contributed by atoms with E-state index in [-0.39, 0.29) is 39.0 Å². The molecule has 4 heterocycles. The van der Waals surface area contributed by atoms with Gasteiger partial charge in [-0.15, -0.1) is 35.3 Å². The van der Waals surface area contributed by atoms with E-state index in [9.17, 15) is 4.79 Å². The van der Waals surface area contributed by atoms with Crippen LogP contribution in [0, 0.1) is 3.57 Å². The number of carbonyl (C=O) groups excluding carboxylic acids is 1. The number of benzene rings is 10. The molecular formula is C86H98Br4I19N11OS5Sn-2. The Morgan fingerprint density at radius 2 is 0.701 bits per heavy atom. The minimum atomic E-state index is -2.39. The molecule has 14 rings (SSSR count).